The molecule has 1 aliphatic heterocycles. The molecular weight excluding hydrogens is 419 g/mol. The normalized spacial score (nSPS) is 18.5. The maximum absolute atomic E-state index is 15.2. The Hall–Kier alpha value is -2.41. The van der Waals surface area contributed by atoms with Crippen LogP contribution in [0.1, 0.15) is 41.5 Å². The summed E-state index contributed by atoms with van der Waals surface area (Å²) >= 11 is 0. The lowest BCUT2D eigenvalue weighted by atomic mass is 9.97. The Kier molecular flexibility index (Phi) is 7.70. The standard InChI is InChI=1S/C24H27FN2O3.ClH/c1-16-12-21(22-14-20(28-3)8-11-29-22)24(25)23(13-16)30-15-18-4-6-19(7-5-18)27-10-9-26-17(27)2;/h4-7,9-10,12-13,20,22H,8,11,14-15H2,1-3H3;1H. The summed E-state index contributed by atoms with van der Waals surface area (Å²) < 4.78 is 34.4. The first-order valence-electron chi connectivity index (χ1n) is 10.2. The Morgan fingerprint density at radius 3 is 2.65 bits per heavy atom. The summed E-state index contributed by atoms with van der Waals surface area (Å²) in [5.41, 5.74) is 3.47. The van der Waals surface area contributed by atoms with Crippen molar-refractivity contribution in [1.82, 2.24) is 9.55 Å². The zero-order valence-corrected chi connectivity index (χ0v) is 18.8. The van der Waals surface area contributed by atoms with E-state index in [0.717, 1.165) is 29.1 Å². The van der Waals surface area contributed by atoms with Crippen molar-refractivity contribution in [2.75, 3.05) is 13.7 Å². The molecule has 2 atom stereocenters. The van der Waals surface area contributed by atoms with Crippen LogP contribution in [-0.2, 0) is 16.1 Å². The van der Waals surface area contributed by atoms with Crippen LogP contribution in [0.5, 0.6) is 5.75 Å². The zero-order chi connectivity index (χ0) is 21.1. The Bertz CT molecular complexity index is 1010. The molecule has 166 valence electrons. The number of nitrogens with zero attached hydrogens (tertiary/aromatic N) is 2. The second-order valence-corrected chi connectivity index (χ2v) is 7.71. The van der Waals surface area contributed by atoms with Gasteiger partial charge < -0.3 is 18.8 Å². The molecule has 0 spiro atoms. The second-order valence-electron chi connectivity index (χ2n) is 7.71. The van der Waals surface area contributed by atoms with Gasteiger partial charge in [0.1, 0.15) is 12.4 Å². The van der Waals surface area contributed by atoms with Crippen LogP contribution in [0.25, 0.3) is 5.69 Å². The van der Waals surface area contributed by atoms with Gasteiger partial charge in [-0.05, 0) is 49.6 Å². The fourth-order valence-electron chi connectivity index (χ4n) is 3.86. The minimum Gasteiger partial charge on any atom is -0.486 e. The molecule has 3 aromatic rings. The van der Waals surface area contributed by atoms with Crippen molar-refractivity contribution in [2.45, 2.75) is 45.5 Å². The highest BCUT2D eigenvalue weighted by Crippen LogP contribution is 2.35. The number of benzene rings is 2. The highest BCUT2D eigenvalue weighted by Gasteiger charge is 2.27. The summed E-state index contributed by atoms with van der Waals surface area (Å²) in [7, 11) is 1.69. The van der Waals surface area contributed by atoms with Gasteiger partial charge in [0.25, 0.3) is 0 Å². The number of aryl methyl sites for hydroxylation is 2. The van der Waals surface area contributed by atoms with Crippen LogP contribution < -0.4 is 4.74 Å². The van der Waals surface area contributed by atoms with E-state index < -0.39 is 0 Å². The van der Waals surface area contributed by atoms with Crippen LogP contribution in [0.3, 0.4) is 0 Å². The summed E-state index contributed by atoms with van der Waals surface area (Å²) in [6, 6.07) is 11.6. The summed E-state index contributed by atoms with van der Waals surface area (Å²) in [5, 5.41) is 0. The molecule has 0 amide bonds. The second kappa shape index (κ2) is 10.3. The van der Waals surface area contributed by atoms with Gasteiger partial charge in [-0.3, -0.25) is 0 Å². The summed E-state index contributed by atoms with van der Waals surface area (Å²) in [6.45, 7) is 4.75. The molecule has 1 saturated heterocycles. The number of halogens is 2. The average Bonchev–Trinajstić information content (AvgIpc) is 3.20. The van der Waals surface area contributed by atoms with Crippen LogP contribution in [0.4, 0.5) is 4.39 Å². The molecule has 4 rings (SSSR count). The van der Waals surface area contributed by atoms with E-state index in [0.29, 0.717) is 18.6 Å². The number of methoxy groups -OCH3 is 1. The molecular formula is C24H28ClFN2O3. The molecule has 0 bridgehead atoms. The van der Waals surface area contributed by atoms with E-state index in [1.807, 2.05) is 54.9 Å². The Balaban J connectivity index is 0.00000272. The van der Waals surface area contributed by atoms with Crippen LogP contribution in [0.15, 0.2) is 48.8 Å². The van der Waals surface area contributed by atoms with E-state index in [1.165, 1.54) is 0 Å². The van der Waals surface area contributed by atoms with Gasteiger partial charge in [-0.2, -0.15) is 0 Å². The molecule has 31 heavy (non-hydrogen) atoms. The first-order chi connectivity index (χ1) is 14.5. The number of hydrogen-bond acceptors (Lipinski definition) is 4. The van der Waals surface area contributed by atoms with Crippen molar-refractivity contribution >= 4 is 12.4 Å². The first-order valence-corrected chi connectivity index (χ1v) is 10.2. The number of ether oxygens (including phenoxy) is 3. The smallest absolute Gasteiger partial charge is 0.170 e. The highest BCUT2D eigenvalue weighted by atomic mass is 35.5. The molecule has 1 fully saturated rings. The van der Waals surface area contributed by atoms with Gasteiger partial charge in [-0.25, -0.2) is 9.37 Å². The lowest BCUT2D eigenvalue weighted by molar-refractivity contribution is -0.0612. The van der Waals surface area contributed by atoms with Crippen molar-refractivity contribution < 1.29 is 18.6 Å². The van der Waals surface area contributed by atoms with Crippen molar-refractivity contribution in [3.63, 3.8) is 0 Å². The molecule has 2 heterocycles. The van der Waals surface area contributed by atoms with Crippen LogP contribution >= 0.6 is 12.4 Å². The largest absolute Gasteiger partial charge is 0.486 e. The maximum atomic E-state index is 15.2. The molecule has 0 saturated carbocycles. The minimum atomic E-state index is -0.354. The van der Waals surface area contributed by atoms with Crippen molar-refractivity contribution in [3.8, 4) is 11.4 Å². The maximum Gasteiger partial charge on any atom is 0.170 e. The van der Waals surface area contributed by atoms with Crippen LogP contribution in [-0.4, -0.2) is 29.4 Å². The monoisotopic (exact) mass is 446 g/mol. The van der Waals surface area contributed by atoms with Crippen molar-refractivity contribution in [3.05, 3.63) is 77.1 Å². The third kappa shape index (κ3) is 5.26. The molecule has 2 aromatic carbocycles. The third-order valence-corrected chi connectivity index (χ3v) is 5.56. The number of aromatic nitrogens is 2. The fraction of sp³-hybridized carbons (Fsp3) is 0.375. The summed E-state index contributed by atoms with van der Waals surface area (Å²) in [5.74, 6) is 0.824. The van der Waals surface area contributed by atoms with Gasteiger partial charge in [-0.15, -0.1) is 12.4 Å². The molecule has 0 radical (unpaired) electrons. The van der Waals surface area contributed by atoms with Gasteiger partial charge in [0, 0.05) is 43.8 Å². The van der Waals surface area contributed by atoms with Crippen LogP contribution in [0, 0.1) is 19.7 Å². The Morgan fingerprint density at radius 2 is 1.97 bits per heavy atom. The minimum absolute atomic E-state index is 0. The van der Waals surface area contributed by atoms with Gasteiger partial charge >= 0.3 is 0 Å². The SMILES string of the molecule is COC1CCOC(c2cc(C)cc(OCc3ccc(-n4ccnc4C)cc3)c2F)C1.Cl. The highest BCUT2D eigenvalue weighted by molar-refractivity contribution is 5.85. The van der Waals surface area contributed by atoms with E-state index in [2.05, 4.69) is 4.98 Å². The Labute approximate surface area is 188 Å². The number of rotatable bonds is 6. The van der Waals surface area contributed by atoms with Crippen molar-refractivity contribution in [1.29, 1.82) is 0 Å². The quantitative estimate of drug-likeness (QED) is 0.502. The zero-order valence-electron chi connectivity index (χ0n) is 18.0. The fourth-order valence-corrected chi connectivity index (χ4v) is 3.86. The van der Waals surface area contributed by atoms with Gasteiger partial charge in [0.2, 0.25) is 0 Å². The van der Waals surface area contributed by atoms with Crippen molar-refractivity contribution in [2.24, 2.45) is 0 Å². The lowest BCUT2D eigenvalue weighted by Crippen LogP contribution is -2.26. The summed E-state index contributed by atoms with van der Waals surface area (Å²) in [6.07, 6.45) is 4.94. The Morgan fingerprint density at radius 1 is 1.19 bits per heavy atom. The average molecular weight is 447 g/mol. The molecule has 2 unspecified atom stereocenters. The lowest BCUT2D eigenvalue weighted by Gasteiger charge is -2.29. The van der Waals surface area contributed by atoms with E-state index in [1.54, 1.807) is 19.4 Å². The van der Waals surface area contributed by atoms with E-state index in [9.17, 15) is 0 Å². The van der Waals surface area contributed by atoms with Gasteiger partial charge in [-0.1, -0.05) is 18.2 Å². The third-order valence-electron chi connectivity index (χ3n) is 5.56. The topological polar surface area (TPSA) is 45.5 Å². The first kappa shape index (κ1) is 23.3. The molecule has 1 aromatic heterocycles. The van der Waals surface area contributed by atoms with E-state index in [4.69, 9.17) is 14.2 Å². The molecule has 1 aliphatic rings. The predicted octanol–water partition coefficient (Wildman–Crippen LogP) is 5.50. The molecule has 5 nitrogen and oxygen atoms in total. The summed E-state index contributed by atoms with van der Waals surface area (Å²) in [4.78, 5) is 4.24. The van der Waals surface area contributed by atoms with E-state index in [-0.39, 0.29) is 42.8 Å². The molecule has 0 N–H and O–H groups in total. The van der Waals surface area contributed by atoms with Gasteiger partial charge in [0.05, 0.1) is 12.2 Å². The predicted molar refractivity (Wildman–Crippen MR) is 120 cm³/mol. The van der Waals surface area contributed by atoms with E-state index >= 15 is 4.39 Å². The van der Waals surface area contributed by atoms with Gasteiger partial charge in [0.15, 0.2) is 11.6 Å². The van der Waals surface area contributed by atoms with Crippen LogP contribution in [0.2, 0.25) is 0 Å². The molecule has 7 heteroatoms. The molecule has 0 aliphatic carbocycles. The number of imidazole rings is 1. The number of hydrogen-bond donors (Lipinski definition) is 0.